The van der Waals surface area contributed by atoms with Gasteiger partial charge in [-0.25, -0.2) is 0 Å². The van der Waals surface area contributed by atoms with E-state index < -0.39 is 0 Å². The molecule has 1 atom stereocenters. The van der Waals surface area contributed by atoms with Gasteiger partial charge in [-0.2, -0.15) is 0 Å². The summed E-state index contributed by atoms with van der Waals surface area (Å²) in [6.07, 6.45) is 2.63. The van der Waals surface area contributed by atoms with Crippen molar-refractivity contribution in [1.82, 2.24) is 15.1 Å². The lowest BCUT2D eigenvalue weighted by molar-refractivity contribution is 0.177. The molecule has 126 valence electrons. The predicted octanol–water partition coefficient (Wildman–Crippen LogP) is 3.03. The fraction of sp³-hybridized carbons (Fsp3) is 0.938. The van der Waals surface area contributed by atoms with Crippen LogP contribution in [0.4, 0.5) is 0 Å². The van der Waals surface area contributed by atoms with E-state index in [-0.39, 0.29) is 24.0 Å². The second-order valence-electron chi connectivity index (χ2n) is 6.59. The Balaban J connectivity index is 0.00000400. The first-order chi connectivity index (χ1) is 9.45. The molecule has 1 saturated heterocycles. The first-order valence-electron chi connectivity index (χ1n) is 8.17. The van der Waals surface area contributed by atoms with Gasteiger partial charge in [-0.05, 0) is 46.5 Å². The fourth-order valence-electron chi connectivity index (χ4n) is 3.12. The number of rotatable bonds is 5. The topological polar surface area (TPSA) is 30.9 Å². The summed E-state index contributed by atoms with van der Waals surface area (Å²) in [7, 11) is 1.89. The molecule has 0 bridgehead atoms. The standard InChI is InChI=1S/C16H34N4.HI/c1-13(2)20(14(3)4)11-9-18-16(17-6)19-10-7-8-15(5)12-19;/h13-15H,7-12H2,1-6H3,(H,17,18);1H. The molecule has 0 aromatic carbocycles. The van der Waals surface area contributed by atoms with Gasteiger partial charge in [-0.3, -0.25) is 9.89 Å². The number of halogens is 1. The van der Waals surface area contributed by atoms with E-state index in [1.807, 2.05) is 7.05 Å². The molecule has 1 heterocycles. The monoisotopic (exact) mass is 410 g/mol. The van der Waals surface area contributed by atoms with E-state index in [4.69, 9.17) is 0 Å². The molecule has 0 aliphatic carbocycles. The molecule has 1 unspecified atom stereocenters. The number of aliphatic imine (C=N–C) groups is 1. The van der Waals surface area contributed by atoms with Crippen molar-refractivity contribution in [2.45, 2.75) is 59.5 Å². The predicted molar refractivity (Wildman–Crippen MR) is 104 cm³/mol. The minimum atomic E-state index is 0. The van der Waals surface area contributed by atoms with E-state index in [0.717, 1.165) is 38.1 Å². The maximum Gasteiger partial charge on any atom is 0.193 e. The Morgan fingerprint density at radius 1 is 1.29 bits per heavy atom. The van der Waals surface area contributed by atoms with E-state index in [9.17, 15) is 0 Å². The summed E-state index contributed by atoms with van der Waals surface area (Å²) in [4.78, 5) is 9.36. The SMILES string of the molecule is CN=C(NCCN(C(C)C)C(C)C)N1CCCC(C)C1.I. The number of likely N-dealkylation sites (tertiary alicyclic amines) is 1. The highest BCUT2D eigenvalue weighted by Crippen LogP contribution is 2.15. The molecule has 1 N–H and O–H groups in total. The van der Waals surface area contributed by atoms with Crippen LogP contribution in [0, 0.1) is 5.92 Å². The van der Waals surface area contributed by atoms with Crippen molar-refractivity contribution in [2.75, 3.05) is 33.2 Å². The van der Waals surface area contributed by atoms with E-state index in [1.165, 1.54) is 12.8 Å². The molecule has 0 saturated carbocycles. The van der Waals surface area contributed by atoms with Crippen LogP contribution in [0.5, 0.6) is 0 Å². The van der Waals surface area contributed by atoms with Gasteiger partial charge in [-0.15, -0.1) is 24.0 Å². The third-order valence-electron chi connectivity index (χ3n) is 4.15. The van der Waals surface area contributed by atoms with Crippen LogP contribution in [0.3, 0.4) is 0 Å². The summed E-state index contributed by atoms with van der Waals surface area (Å²) in [6.45, 7) is 15.7. The largest absolute Gasteiger partial charge is 0.355 e. The van der Waals surface area contributed by atoms with E-state index >= 15 is 0 Å². The number of piperidine rings is 1. The Kier molecular flexibility index (Phi) is 10.6. The molecule has 0 spiro atoms. The molecular formula is C16H35IN4. The first-order valence-corrected chi connectivity index (χ1v) is 8.17. The lowest BCUT2D eigenvalue weighted by Gasteiger charge is -2.35. The number of hydrogen-bond acceptors (Lipinski definition) is 2. The maximum atomic E-state index is 4.45. The average molecular weight is 410 g/mol. The molecule has 0 aromatic heterocycles. The number of nitrogens with one attached hydrogen (secondary N) is 1. The zero-order valence-corrected chi connectivity index (χ0v) is 17.1. The molecular weight excluding hydrogens is 375 g/mol. The number of hydrogen-bond donors (Lipinski definition) is 1. The van der Waals surface area contributed by atoms with E-state index in [0.29, 0.717) is 12.1 Å². The second kappa shape index (κ2) is 10.6. The Hall–Kier alpha value is -0.0400. The van der Waals surface area contributed by atoms with Gasteiger partial charge < -0.3 is 10.2 Å². The smallest absolute Gasteiger partial charge is 0.193 e. The zero-order chi connectivity index (χ0) is 15.1. The summed E-state index contributed by atoms with van der Waals surface area (Å²) in [5.41, 5.74) is 0. The van der Waals surface area contributed by atoms with Crippen LogP contribution in [0.1, 0.15) is 47.5 Å². The highest BCUT2D eigenvalue weighted by Gasteiger charge is 2.19. The van der Waals surface area contributed by atoms with Gasteiger partial charge in [0.25, 0.3) is 0 Å². The van der Waals surface area contributed by atoms with E-state index in [2.05, 4.69) is 54.7 Å². The third kappa shape index (κ3) is 7.17. The second-order valence-corrected chi connectivity index (χ2v) is 6.59. The van der Waals surface area contributed by atoms with Gasteiger partial charge in [0.05, 0.1) is 0 Å². The summed E-state index contributed by atoms with van der Waals surface area (Å²) in [6, 6.07) is 1.18. The lowest BCUT2D eigenvalue weighted by atomic mass is 10.0. The Bertz CT molecular complexity index is 297. The Labute approximate surface area is 148 Å². The maximum absolute atomic E-state index is 4.45. The van der Waals surface area contributed by atoms with Gasteiger partial charge >= 0.3 is 0 Å². The minimum absolute atomic E-state index is 0. The van der Waals surface area contributed by atoms with Crippen molar-refractivity contribution in [2.24, 2.45) is 10.9 Å². The van der Waals surface area contributed by atoms with Crippen LogP contribution in [-0.2, 0) is 0 Å². The highest BCUT2D eigenvalue weighted by molar-refractivity contribution is 14.0. The third-order valence-corrected chi connectivity index (χ3v) is 4.15. The van der Waals surface area contributed by atoms with Crippen LogP contribution in [0.25, 0.3) is 0 Å². The molecule has 5 heteroatoms. The van der Waals surface area contributed by atoms with Crippen molar-refractivity contribution in [3.05, 3.63) is 0 Å². The normalized spacial score (nSPS) is 20.1. The molecule has 1 fully saturated rings. The summed E-state index contributed by atoms with van der Waals surface area (Å²) >= 11 is 0. The van der Waals surface area contributed by atoms with Crippen LogP contribution < -0.4 is 5.32 Å². The molecule has 4 nitrogen and oxygen atoms in total. The molecule has 0 amide bonds. The van der Waals surface area contributed by atoms with Crippen molar-refractivity contribution in [1.29, 1.82) is 0 Å². The Morgan fingerprint density at radius 3 is 2.38 bits per heavy atom. The fourth-order valence-corrected chi connectivity index (χ4v) is 3.12. The van der Waals surface area contributed by atoms with Crippen LogP contribution in [-0.4, -0.2) is 61.1 Å². The zero-order valence-electron chi connectivity index (χ0n) is 14.7. The summed E-state index contributed by atoms with van der Waals surface area (Å²) in [5.74, 6) is 1.86. The number of guanidine groups is 1. The van der Waals surface area contributed by atoms with Crippen molar-refractivity contribution in [3.63, 3.8) is 0 Å². The van der Waals surface area contributed by atoms with Gasteiger partial charge in [0.2, 0.25) is 0 Å². The van der Waals surface area contributed by atoms with E-state index in [1.54, 1.807) is 0 Å². The van der Waals surface area contributed by atoms with Gasteiger partial charge in [0, 0.05) is 45.3 Å². The highest BCUT2D eigenvalue weighted by atomic mass is 127. The van der Waals surface area contributed by atoms with Crippen LogP contribution in [0.2, 0.25) is 0 Å². The molecule has 1 aliphatic rings. The first kappa shape index (κ1) is 21.0. The molecule has 0 aromatic rings. The quantitative estimate of drug-likeness (QED) is 0.430. The number of nitrogens with zero attached hydrogens (tertiary/aromatic N) is 3. The van der Waals surface area contributed by atoms with Gasteiger partial charge in [-0.1, -0.05) is 6.92 Å². The van der Waals surface area contributed by atoms with Crippen molar-refractivity contribution < 1.29 is 0 Å². The molecule has 1 aliphatic heterocycles. The van der Waals surface area contributed by atoms with Crippen LogP contribution in [0.15, 0.2) is 4.99 Å². The molecule has 21 heavy (non-hydrogen) atoms. The minimum Gasteiger partial charge on any atom is -0.355 e. The molecule has 0 radical (unpaired) electrons. The van der Waals surface area contributed by atoms with Crippen LogP contribution >= 0.6 is 24.0 Å². The lowest BCUT2D eigenvalue weighted by Crippen LogP contribution is -2.49. The van der Waals surface area contributed by atoms with Gasteiger partial charge in [0.1, 0.15) is 0 Å². The van der Waals surface area contributed by atoms with Crippen molar-refractivity contribution >= 4 is 29.9 Å². The molecule has 1 rings (SSSR count). The average Bonchev–Trinajstić information content (AvgIpc) is 2.38. The van der Waals surface area contributed by atoms with Gasteiger partial charge in [0.15, 0.2) is 5.96 Å². The Morgan fingerprint density at radius 2 is 1.90 bits per heavy atom. The summed E-state index contributed by atoms with van der Waals surface area (Å²) < 4.78 is 0. The summed E-state index contributed by atoms with van der Waals surface area (Å²) in [5, 5.41) is 3.53. The van der Waals surface area contributed by atoms with Crippen molar-refractivity contribution in [3.8, 4) is 0 Å².